The minimum absolute atomic E-state index is 0.0970. The molecule has 22 heavy (non-hydrogen) atoms. The Bertz CT molecular complexity index is 652. The van der Waals surface area contributed by atoms with Gasteiger partial charge in [-0.05, 0) is 13.0 Å². The smallest absolute Gasteiger partial charge is 0.257 e. The van der Waals surface area contributed by atoms with Gasteiger partial charge in [0.2, 0.25) is 0 Å². The van der Waals surface area contributed by atoms with Gasteiger partial charge in [0.15, 0.2) is 0 Å². The second-order valence-corrected chi connectivity index (χ2v) is 5.03. The molecule has 0 aliphatic carbocycles. The molecule has 2 rings (SSSR count). The number of rotatable bonds is 6. The standard InChI is InChI=1S/C16H21N3O3/c1-12-14(10-17-18(12)2)16(21)19(8-9-20)11-13-6-4-5-7-15(13)22-3/h4-7,10,20H,8-9,11H2,1-3H3. The van der Waals surface area contributed by atoms with E-state index in [0.717, 1.165) is 17.0 Å². The van der Waals surface area contributed by atoms with Crippen molar-refractivity contribution in [1.82, 2.24) is 14.7 Å². The number of carbonyl (C=O) groups excluding carboxylic acids is 1. The average Bonchev–Trinajstić information content (AvgIpc) is 2.86. The normalized spacial score (nSPS) is 10.5. The maximum atomic E-state index is 12.7. The van der Waals surface area contributed by atoms with E-state index in [0.29, 0.717) is 12.1 Å². The van der Waals surface area contributed by atoms with E-state index in [1.165, 1.54) is 0 Å². The van der Waals surface area contributed by atoms with Crippen LogP contribution in [-0.4, -0.2) is 46.0 Å². The van der Waals surface area contributed by atoms with Crippen molar-refractivity contribution in [2.75, 3.05) is 20.3 Å². The first kappa shape index (κ1) is 16.0. The Morgan fingerprint density at radius 2 is 2.14 bits per heavy atom. The first-order valence-electron chi connectivity index (χ1n) is 7.09. The lowest BCUT2D eigenvalue weighted by atomic mass is 10.1. The second kappa shape index (κ2) is 7.09. The topological polar surface area (TPSA) is 67.6 Å². The van der Waals surface area contributed by atoms with Crippen LogP contribution in [0.2, 0.25) is 0 Å². The molecule has 1 heterocycles. The van der Waals surface area contributed by atoms with Crippen molar-refractivity contribution in [2.24, 2.45) is 7.05 Å². The first-order valence-corrected chi connectivity index (χ1v) is 7.09. The molecule has 6 nitrogen and oxygen atoms in total. The summed E-state index contributed by atoms with van der Waals surface area (Å²) in [6.07, 6.45) is 1.56. The Morgan fingerprint density at radius 3 is 2.73 bits per heavy atom. The van der Waals surface area contributed by atoms with Crippen molar-refractivity contribution < 1.29 is 14.6 Å². The maximum absolute atomic E-state index is 12.7. The van der Waals surface area contributed by atoms with E-state index in [-0.39, 0.29) is 19.1 Å². The van der Waals surface area contributed by atoms with E-state index in [1.807, 2.05) is 31.2 Å². The number of aromatic nitrogens is 2. The van der Waals surface area contributed by atoms with Gasteiger partial charge in [-0.1, -0.05) is 18.2 Å². The molecule has 0 aliphatic rings. The molecule has 0 unspecified atom stereocenters. The fraction of sp³-hybridized carbons (Fsp3) is 0.375. The van der Waals surface area contributed by atoms with Crippen LogP contribution in [0, 0.1) is 6.92 Å². The van der Waals surface area contributed by atoms with Crippen LogP contribution in [-0.2, 0) is 13.6 Å². The summed E-state index contributed by atoms with van der Waals surface area (Å²) in [7, 11) is 3.39. The summed E-state index contributed by atoms with van der Waals surface area (Å²) in [6, 6.07) is 7.54. The largest absolute Gasteiger partial charge is 0.496 e. The molecule has 0 aliphatic heterocycles. The summed E-state index contributed by atoms with van der Waals surface area (Å²) in [5.41, 5.74) is 2.24. The Labute approximate surface area is 129 Å². The van der Waals surface area contributed by atoms with Gasteiger partial charge < -0.3 is 14.7 Å². The number of aryl methyl sites for hydroxylation is 1. The van der Waals surface area contributed by atoms with Crippen molar-refractivity contribution >= 4 is 5.91 Å². The Hall–Kier alpha value is -2.34. The predicted octanol–water partition coefficient (Wildman–Crippen LogP) is 1.37. The van der Waals surface area contributed by atoms with Crippen LogP contribution < -0.4 is 4.74 Å². The molecular weight excluding hydrogens is 282 g/mol. The molecule has 0 fully saturated rings. The quantitative estimate of drug-likeness (QED) is 0.875. The molecule has 118 valence electrons. The lowest BCUT2D eigenvalue weighted by molar-refractivity contribution is 0.0705. The van der Waals surface area contributed by atoms with Crippen LogP contribution >= 0.6 is 0 Å². The summed E-state index contributed by atoms with van der Waals surface area (Å²) < 4.78 is 6.98. The predicted molar refractivity (Wildman–Crippen MR) is 82.8 cm³/mol. The van der Waals surface area contributed by atoms with Gasteiger partial charge in [-0.2, -0.15) is 5.10 Å². The van der Waals surface area contributed by atoms with Gasteiger partial charge in [0, 0.05) is 31.4 Å². The van der Waals surface area contributed by atoms with Gasteiger partial charge in [-0.15, -0.1) is 0 Å². The molecule has 0 bridgehead atoms. The highest BCUT2D eigenvalue weighted by atomic mass is 16.5. The molecule has 2 aromatic rings. The fourth-order valence-corrected chi connectivity index (χ4v) is 2.29. The van der Waals surface area contributed by atoms with Crippen LogP contribution in [0.3, 0.4) is 0 Å². The van der Waals surface area contributed by atoms with E-state index in [9.17, 15) is 9.90 Å². The van der Waals surface area contributed by atoms with E-state index < -0.39 is 0 Å². The van der Waals surface area contributed by atoms with Gasteiger partial charge in [0.05, 0.1) is 25.5 Å². The van der Waals surface area contributed by atoms with Gasteiger partial charge in [-0.3, -0.25) is 9.48 Å². The lowest BCUT2D eigenvalue weighted by Gasteiger charge is -2.22. The third-order valence-electron chi connectivity index (χ3n) is 3.68. The molecule has 6 heteroatoms. The highest BCUT2D eigenvalue weighted by Gasteiger charge is 2.21. The minimum Gasteiger partial charge on any atom is -0.496 e. The van der Waals surface area contributed by atoms with E-state index >= 15 is 0 Å². The molecular formula is C16H21N3O3. The van der Waals surface area contributed by atoms with E-state index in [1.54, 1.807) is 29.9 Å². The molecule has 1 aromatic carbocycles. The van der Waals surface area contributed by atoms with Crippen molar-refractivity contribution in [3.8, 4) is 5.75 Å². The van der Waals surface area contributed by atoms with Gasteiger partial charge in [0.1, 0.15) is 5.75 Å². The van der Waals surface area contributed by atoms with E-state index in [4.69, 9.17) is 4.74 Å². The number of para-hydroxylation sites is 1. The molecule has 0 atom stereocenters. The number of nitrogens with zero attached hydrogens (tertiary/aromatic N) is 3. The van der Waals surface area contributed by atoms with Crippen LogP contribution in [0.5, 0.6) is 5.75 Å². The van der Waals surface area contributed by atoms with Crippen molar-refractivity contribution in [3.05, 3.63) is 47.3 Å². The molecule has 1 aromatic heterocycles. The molecule has 1 N–H and O–H groups in total. The molecule has 0 saturated heterocycles. The van der Waals surface area contributed by atoms with Gasteiger partial charge in [-0.25, -0.2) is 0 Å². The Kier molecular flexibility index (Phi) is 5.16. The zero-order valence-electron chi connectivity index (χ0n) is 13.1. The van der Waals surface area contributed by atoms with Crippen molar-refractivity contribution in [3.63, 3.8) is 0 Å². The zero-order valence-corrected chi connectivity index (χ0v) is 13.1. The minimum atomic E-state index is -0.148. The number of hydrogen-bond donors (Lipinski definition) is 1. The van der Waals surface area contributed by atoms with Crippen molar-refractivity contribution in [1.29, 1.82) is 0 Å². The molecule has 0 radical (unpaired) electrons. The molecule has 1 amide bonds. The Balaban J connectivity index is 2.26. The van der Waals surface area contributed by atoms with Crippen LogP contribution in [0.25, 0.3) is 0 Å². The summed E-state index contributed by atoms with van der Waals surface area (Å²) >= 11 is 0. The number of amides is 1. The third-order valence-corrected chi connectivity index (χ3v) is 3.68. The van der Waals surface area contributed by atoms with Crippen molar-refractivity contribution in [2.45, 2.75) is 13.5 Å². The summed E-state index contributed by atoms with van der Waals surface area (Å²) in [4.78, 5) is 14.3. The van der Waals surface area contributed by atoms with Gasteiger partial charge >= 0.3 is 0 Å². The van der Waals surface area contributed by atoms with Gasteiger partial charge in [0.25, 0.3) is 5.91 Å². The Morgan fingerprint density at radius 1 is 1.41 bits per heavy atom. The highest BCUT2D eigenvalue weighted by Crippen LogP contribution is 2.20. The summed E-state index contributed by atoms with van der Waals surface area (Å²) in [6.45, 7) is 2.38. The first-order chi connectivity index (χ1) is 10.6. The highest BCUT2D eigenvalue weighted by molar-refractivity contribution is 5.95. The van der Waals surface area contributed by atoms with Crippen LogP contribution in [0.15, 0.2) is 30.5 Å². The average molecular weight is 303 g/mol. The van der Waals surface area contributed by atoms with Crippen LogP contribution in [0.1, 0.15) is 21.6 Å². The maximum Gasteiger partial charge on any atom is 0.257 e. The third kappa shape index (κ3) is 3.28. The molecule has 0 saturated carbocycles. The lowest BCUT2D eigenvalue weighted by Crippen LogP contribution is -2.33. The number of aliphatic hydroxyl groups is 1. The number of aliphatic hydroxyl groups excluding tert-OH is 1. The SMILES string of the molecule is COc1ccccc1CN(CCO)C(=O)c1cnn(C)c1C. The summed E-state index contributed by atoms with van der Waals surface area (Å²) in [5, 5.41) is 13.4. The van der Waals surface area contributed by atoms with Crippen LogP contribution in [0.4, 0.5) is 0 Å². The summed E-state index contributed by atoms with van der Waals surface area (Å²) in [5.74, 6) is 0.576. The zero-order chi connectivity index (χ0) is 16.1. The monoisotopic (exact) mass is 303 g/mol. The number of ether oxygens (including phenoxy) is 1. The number of hydrogen-bond acceptors (Lipinski definition) is 4. The van der Waals surface area contributed by atoms with E-state index in [2.05, 4.69) is 5.10 Å². The number of benzene rings is 1. The fourth-order valence-electron chi connectivity index (χ4n) is 2.29. The molecule has 0 spiro atoms. The number of carbonyl (C=O) groups is 1. The number of methoxy groups -OCH3 is 1. The second-order valence-electron chi connectivity index (χ2n) is 5.03.